The fraction of sp³-hybridized carbons (Fsp3) is 0.357. The van der Waals surface area contributed by atoms with Gasteiger partial charge in [0.15, 0.2) is 11.5 Å². The summed E-state index contributed by atoms with van der Waals surface area (Å²) in [6.45, 7) is 0.991. The number of nitrogens with zero attached hydrogens (tertiary/aromatic N) is 2. The lowest BCUT2D eigenvalue weighted by molar-refractivity contribution is -0.123. The number of carbonyl (C=O) groups excluding carboxylic acids is 2. The van der Waals surface area contributed by atoms with Crippen molar-refractivity contribution in [2.75, 3.05) is 13.1 Å². The lowest BCUT2D eigenvalue weighted by atomic mass is 9.96. The van der Waals surface area contributed by atoms with Crippen LogP contribution in [0.4, 0.5) is 0 Å². The van der Waals surface area contributed by atoms with Gasteiger partial charge in [-0.05, 0) is 25.0 Å². The molecule has 0 bridgehead atoms. The lowest BCUT2D eigenvalue weighted by Crippen LogP contribution is -2.41. The van der Waals surface area contributed by atoms with E-state index in [1.807, 2.05) is 0 Å². The molecule has 0 spiro atoms. The average Bonchev–Trinajstić information content (AvgIpc) is 3.17. The third-order valence-electron chi connectivity index (χ3n) is 3.68. The van der Waals surface area contributed by atoms with Crippen LogP contribution >= 0.6 is 0 Å². The lowest BCUT2D eigenvalue weighted by Gasteiger charge is -2.29. The standard InChI is InChI=1S/C14H15N3O4/c15-13(18)9-3-5-17(6-4-9)14(19)10-8-12(21-16-10)11-2-1-7-20-11/h1-2,7-9H,3-6H2,(H2,15,18). The molecule has 1 fully saturated rings. The van der Waals surface area contributed by atoms with E-state index in [0.29, 0.717) is 37.5 Å². The minimum absolute atomic E-state index is 0.148. The van der Waals surface area contributed by atoms with E-state index in [-0.39, 0.29) is 23.4 Å². The summed E-state index contributed by atoms with van der Waals surface area (Å²) >= 11 is 0. The van der Waals surface area contributed by atoms with Gasteiger partial charge in [0.2, 0.25) is 11.7 Å². The Kier molecular flexibility index (Phi) is 3.47. The molecule has 2 amide bonds. The largest absolute Gasteiger partial charge is 0.461 e. The zero-order valence-electron chi connectivity index (χ0n) is 11.3. The number of rotatable bonds is 3. The van der Waals surface area contributed by atoms with Crippen LogP contribution in [0.3, 0.4) is 0 Å². The fourth-order valence-corrected chi connectivity index (χ4v) is 2.44. The number of furan rings is 1. The Labute approximate surface area is 120 Å². The highest BCUT2D eigenvalue weighted by atomic mass is 16.5. The van der Waals surface area contributed by atoms with Crippen molar-refractivity contribution in [3.05, 3.63) is 30.2 Å². The van der Waals surface area contributed by atoms with Crippen LogP contribution in [0, 0.1) is 5.92 Å². The van der Waals surface area contributed by atoms with Crippen molar-refractivity contribution in [2.45, 2.75) is 12.8 Å². The maximum absolute atomic E-state index is 12.3. The van der Waals surface area contributed by atoms with Gasteiger partial charge in [0.1, 0.15) is 0 Å². The molecule has 7 heteroatoms. The summed E-state index contributed by atoms with van der Waals surface area (Å²) in [4.78, 5) is 25.1. The number of likely N-dealkylation sites (tertiary alicyclic amines) is 1. The topological polar surface area (TPSA) is 103 Å². The number of carbonyl (C=O) groups is 2. The van der Waals surface area contributed by atoms with E-state index >= 15 is 0 Å². The van der Waals surface area contributed by atoms with Crippen molar-refractivity contribution in [1.29, 1.82) is 0 Å². The molecule has 21 heavy (non-hydrogen) atoms. The molecule has 2 aromatic rings. The molecule has 1 aliphatic rings. The molecule has 2 N–H and O–H groups in total. The van der Waals surface area contributed by atoms with Crippen LogP contribution in [-0.4, -0.2) is 35.0 Å². The normalized spacial score (nSPS) is 16.1. The Balaban J connectivity index is 1.68. The van der Waals surface area contributed by atoms with Crippen molar-refractivity contribution >= 4 is 11.8 Å². The van der Waals surface area contributed by atoms with E-state index in [0.717, 1.165) is 0 Å². The maximum atomic E-state index is 12.3. The van der Waals surface area contributed by atoms with Crippen LogP contribution in [-0.2, 0) is 4.79 Å². The molecule has 1 aliphatic heterocycles. The number of hydrogen-bond donors (Lipinski definition) is 1. The summed E-state index contributed by atoms with van der Waals surface area (Å²) < 4.78 is 10.3. The van der Waals surface area contributed by atoms with Gasteiger partial charge in [-0.15, -0.1) is 0 Å². The molecule has 0 aliphatic carbocycles. The van der Waals surface area contributed by atoms with Crippen molar-refractivity contribution in [2.24, 2.45) is 11.7 Å². The fourth-order valence-electron chi connectivity index (χ4n) is 2.44. The predicted molar refractivity (Wildman–Crippen MR) is 72.0 cm³/mol. The second-order valence-electron chi connectivity index (χ2n) is 5.02. The Morgan fingerprint density at radius 3 is 2.67 bits per heavy atom. The number of piperidine rings is 1. The van der Waals surface area contributed by atoms with Gasteiger partial charge in [0.05, 0.1) is 6.26 Å². The Bertz CT molecular complexity index is 639. The summed E-state index contributed by atoms with van der Waals surface area (Å²) in [5, 5.41) is 3.78. The monoisotopic (exact) mass is 289 g/mol. The molecular formula is C14H15N3O4. The van der Waals surface area contributed by atoms with E-state index in [2.05, 4.69) is 5.16 Å². The van der Waals surface area contributed by atoms with Gasteiger partial charge < -0.3 is 19.6 Å². The summed E-state index contributed by atoms with van der Waals surface area (Å²) in [5.74, 6) is 0.275. The Morgan fingerprint density at radius 1 is 1.29 bits per heavy atom. The first-order valence-electron chi connectivity index (χ1n) is 6.74. The number of aromatic nitrogens is 1. The van der Waals surface area contributed by atoms with Crippen molar-refractivity contribution in [1.82, 2.24) is 10.1 Å². The number of primary amides is 1. The van der Waals surface area contributed by atoms with Gasteiger partial charge in [-0.2, -0.15) is 0 Å². The van der Waals surface area contributed by atoms with Gasteiger partial charge in [0.25, 0.3) is 5.91 Å². The first-order valence-corrected chi connectivity index (χ1v) is 6.74. The molecule has 1 saturated heterocycles. The Morgan fingerprint density at radius 2 is 2.05 bits per heavy atom. The third-order valence-corrected chi connectivity index (χ3v) is 3.68. The van der Waals surface area contributed by atoms with Gasteiger partial charge in [-0.1, -0.05) is 5.16 Å². The first kappa shape index (κ1) is 13.4. The summed E-state index contributed by atoms with van der Waals surface area (Å²) in [6.07, 6.45) is 2.70. The van der Waals surface area contributed by atoms with Crippen molar-refractivity contribution in [3.63, 3.8) is 0 Å². The minimum atomic E-state index is -0.302. The van der Waals surface area contributed by atoms with E-state index < -0.39 is 0 Å². The second kappa shape index (κ2) is 5.43. The highest BCUT2D eigenvalue weighted by molar-refractivity contribution is 5.93. The van der Waals surface area contributed by atoms with E-state index in [1.54, 1.807) is 23.1 Å². The van der Waals surface area contributed by atoms with Crippen LogP contribution < -0.4 is 5.73 Å². The van der Waals surface area contributed by atoms with E-state index in [9.17, 15) is 9.59 Å². The van der Waals surface area contributed by atoms with Crippen molar-refractivity contribution < 1.29 is 18.5 Å². The molecule has 0 atom stereocenters. The van der Waals surface area contributed by atoms with Crippen LogP contribution in [0.5, 0.6) is 0 Å². The maximum Gasteiger partial charge on any atom is 0.276 e. The highest BCUT2D eigenvalue weighted by Gasteiger charge is 2.28. The van der Waals surface area contributed by atoms with E-state index in [1.165, 1.54) is 6.26 Å². The summed E-state index contributed by atoms with van der Waals surface area (Å²) in [6, 6.07) is 5.02. The Hall–Kier alpha value is -2.57. The second-order valence-corrected chi connectivity index (χ2v) is 5.02. The molecule has 2 aromatic heterocycles. The van der Waals surface area contributed by atoms with Crippen LogP contribution in [0.15, 0.2) is 33.4 Å². The molecule has 0 radical (unpaired) electrons. The minimum Gasteiger partial charge on any atom is -0.461 e. The molecule has 3 rings (SSSR count). The van der Waals surface area contributed by atoms with Gasteiger partial charge in [-0.25, -0.2) is 0 Å². The zero-order chi connectivity index (χ0) is 14.8. The summed E-state index contributed by atoms with van der Waals surface area (Å²) in [7, 11) is 0. The third kappa shape index (κ3) is 2.67. The quantitative estimate of drug-likeness (QED) is 0.916. The molecular weight excluding hydrogens is 274 g/mol. The molecule has 0 unspecified atom stereocenters. The highest BCUT2D eigenvalue weighted by Crippen LogP contribution is 2.23. The molecule has 3 heterocycles. The smallest absolute Gasteiger partial charge is 0.276 e. The average molecular weight is 289 g/mol. The van der Waals surface area contributed by atoms with Crippen LogP contribution in [0.2, 0.25) is 0 Å². The molecule has 0 aromatic carbocycles. The van der Waals surface area contributed by atoms with Gasteiger partial charge >= 0.3 is 0 Å². The van der Waals surface area contributed by atoms with Crippen molar-refractivity contribution in [3.8, 4) is 11.5 Å². The SMILES string of the molecule is NC(=O)C1CCN(C(=O)c2cc(-c3ccco3)on2)CC1. The number of nitrogens with two attached hydrogens (primary N) is 1. The molecule has 0 saturated carbocycles. The van der Waals surface area contributed by atoms with Crippen LogP contribution in [0.1, 0.15) is 23.3 Å². The van der Waals surface area contributed by atoms with Gasteiger partial charge in [0, 0.05) is 25.1 Å². The van der Waals surface area contributed by atoms with Gasteiger partial charge in [-0.3, -0.25) is 9.59 Å². The molecule has 110 valence electrons. The summed E-state index contributed by atoms with van der Waals surface area (Å²) in [5.41, 5.74) is 5.51. The zero-order valence-corrected chi connectivity index (χ0v) is 11.3. The predicted octanol–water partition coefficient (Wildman–Crippen LogP) is 1.27. The molecule has 7 nitrogen and oxygen atoms in total. The first-order chi connectivity index (χ1) is 10.1. The van der Waals surface area contributed by atoms with E-state index in [4.69, 9.17) is 14.7 Å². The number of hydrogen-bond acceptors (Lipinski definition) is 5. The number of amides is 2. The van der Waals surface area contributed by atoms with Crippen LogP contribution in [0.25, 0.3) is 11.5 Å².